The Labute approximate surface area is 96.0 Å². The van der Waals surface area contributed by atoms with Crippen LogP contribution in [0, 0.1) is 0 Å². The molecule has 16 heavy (non-hydrogen) atoms. The monoisotopic (exact) mass is 215 g/mol. The standard InChI is InChI=1S/C14H17NO/c1-3-16-10(2)11-8-9-14(15)13-7-5-4-6-12(11)13/h4-10H,3,15H2,1-2H3. The summed E-state index contributed by atoms with van der Waals surface area (Å²) >= 11 is 0. The van der Waals surface area contributed by atoms with Gasteiger partial charge >= 0.3 is 0 Å². The number of rotatable bonds is 3. The lowest BCUT2D eigenvalue weighted by atomic mass is 10.00. The van der Waals surface area contributed by atoms with E-state index >= 15 is 0 Å². The lowest BCUT2D eigenvalue weighted by Crippen LogP contribution is -2.01. The highest BCUT2D eigenvalue weighted by Gasteiger charge is 2.10. The van der Waals surface area contributed by atoms with Crippen LogP contribution in [-0.4, -0.2) is 6.61 Å². The predicted octanol–water partition coefficient (Wildman–Crippen LogP) is 3.52. The minimum Gasteiger partial charge on any atom is -0.398 e. The molecule has 0 heterocycles. The molecule has 0 amide bonds. The second kappa shape index (κ2) is 4.54. The Kier molecular flexibility index (Phi) is 3.11. The van der Waals surface area contributed by atoms with Gasteiger partial charge in [-0.05, 0) is 30.9 Å². The first-order valence-electron chi connectivity index (χ1n) is 5.62. The van der Waals surface area contributed by atoms with Gasteiger partial charge in [0.15, 0.2) is 0 Å². The van der Waals surface area contributed by atoms with E-state index in [0.29, 0.717) is 0 Å². The molecule has 0 bridgehead atoms. The summed E-state index contributed by atoms with van der Waals surface area (Å²) in [6, 6.07) is 12.2. The van der Waals surface area contributed by atoms with Crippen LogP contribution in [0.3, 0.4) is 0 Å². The molecule has 0 aliphatic heterocycles. The van der Waals surface area contributed by atoms with Gasteiger partial charge in [-0.3, -0.25) is 0 Å². The molecular weight excluding hydrogens is 198 g/mol. The molecule has 1 atom stereocenters. The Morgan fingerprint density at radius 2 is 1.81 bits per heavy atom. The first-order chi connectivity index (χ1) is 7.74. The maximum atomic E-state index is 5.96. The summed E-state index contributed by atoms with van der Waals surface area (Å²) in [6.07, 6.45) is 0.107. The summed E-state index contributed by atoms with van der Waals surface area (Å²) in [5, 5.41) is 2.29. The molecule has 0 fully saturated rings. The smallest absolute Gasteiger partial charge is 0.0802 e. The number of nitrogen functional groups attached to an aromatic ring is 1. The number of benzene rings is 2. The van der Waals surface area contributed by atoms with Crippen LogP contribution in [0.5, 0.6) is 0 Å². The van der Waals surface area contributed by atoms with Crippen molar-refractivity contribution in [2.24, 2.45) is 0 Å². The van der Waals surface area contributed by atoms with E-state index in [1.807, 2.05) is 31.2 Å². The van der Waals surface area contributed by atoms with Gasteiger partial charge in [-0.15, -0.1) is 0 Å². The fourth-order valence-electron chi connectivity index (χ4n) is 2.04. The van der Waals surface area contributed by atoms with E-state index in [2.05, 4.69) is 19.1 Å². The quantitative estimate of drug-likeness (QED) is 0.795. The third-order valence-corrected chi connectivity index (χ3v) is 2.85. The zero-order chi connectivity index (χ0) is 11.5. The summed E-state index contributed by atoms with van der Waals surface area (Å²) in [5.74, 6) is 0. The molecule has 0 aliphatic rings. The van der Waals surface area contributed by atoms with E-state index in [1.54, 1.807) is 0 Å². The van der Waals surface area contributed by atoms with Crippen LogP contribution in [0.15, 0.2) is 36.4 Å². The molecule has 0 aromatic heterocycles. The molecule has 2 N–H and O–H groups in total. The second-order valence-corrected chi connectivity index (χ2v) is 3.89. The lowest BCUT2D eigenvalue weighted by Gasteiger charge is -2.15. The van der Waals surface area contributed by atoms with Gasteiger partial charge in [0.1, 0.15) is 0 Å². The Balaban J connectivity index is 2.58. The molecule has 0 saturated carbocycles. The second-order valence-electron chi connectivity index (χ2n) is 3.89. The lowest BCUT2D eigenvalue weighted by molar-refractivity contribution is 0.0774. The normalized spacial score (nSPS) is 12.9. The highest BCUT2D eigenvalue weighted by atomic mass is 16.5. The molecule has 2 nitrogen and oxygen atoms in total. The number of hydrogen-bond acceptors (Lipinski definition) is 2. The maximum absolute atomic E-state index is 5.96. The van der Waals surface area contributed by atoms with E-state index in [0.717, 1.165) is 17.7 Å². The fourth-order valence-corrected chi connectivity index (χ4v) is 2.04. The largest absolute Gasteiger partial charge is 0.398 e. The van der Waals surface area contributed by atoms with Crippen molar-refractivity contribution < 1.29 is 4.74 Å². The van der Waals surface area contributed by atoms with Gasteiger partial charge < -0.3 is 10.5 Å². The van der Waals surface area contributed by atoms with Gasteiger partial charge in [-0.2, -0.15) is 0 Å². The Morgan fingerprint density at radius 1 is 1.12 bits per heavy atom. The van der Waals surface area contributed by atoms with Gasteiger partial charge in [0.25, 0.3) is 0 Å². The van der Waals surface area contributed by atoms with E-state index in [1.165, 1.54) is 10.9 Å². The summed E-state index contributed by atoms with van der Waals surface area (Å²) in [4.78, 5) is 0. The van der Waals surface area contributed by atoms with Crippen LogP contribution < -0.4 is 5.73 Å². The number of nitrogens with two attached hydrogens (primary N) is 1. The molecule has 2 aromatic carbocycles. The number of ether oxygens (including phenoxy) is 1. The zero-order valence-electron chi connectivity index (χ0n) is 9.73. The van der Waals surface area contributed by atoms with Crippen molar-refractivity contribution in [2.75, 3.05) is 12.3 Å². The van der Waals surface area contributed by atoms with Crippen molar-refractivity contribution in [2.45, 2.75) is 20.0 Å². The van der Waals surface area contributed by atoms with Crippen molar-refractivity contribution >= 4 is 16.5 Å². The molecule has 0 saturated heterocycles. The minimum atomic E-state index is 0.107. The van der Waals surface area contributed by atoms with Gasteiger partial charge in [0, 0.05) is 17.7 Å². The molecule has 2 aromatic rings. The summed E-state index contributed by atoms with van der Waals surface area (Å²) in [5.41, 5.74) is 7.98. The Morgan fingerprint density at radius 3 is 2.50 bits per heavy atom. The highest BCUT2D eigenvalue weighted by molar-refractivity contribution is 5.95. The van der Waals surface area contributed by atoms with Crippen LogP contribution in [-0.2, 0) is 4.74 Å². The van der Waals surface area contributed by atoms with Crippen molar-refractivity contribution in [1.29, 1.82) is 0 Å². The fraction of sp³-hybridized carbons (Fsp3) is 0.286. The van der Waals surface area contributed by atoms with Crippen molar-refractivity contribution in [3.05, 3.63) is 42.0 Å². The van der Waals surface area contributed by atoms with E-state index in [-0.39, 0.29) is 6.10 Å². The number of fused-ring (bicyclic) bond motifs is 1. The number of anilines is 1. The molecular formula is C14H17NO. The van der Waals surface area contributed by atoms with E-state index in [9.17, 15) is 0 Å². The Bertz CT molecular complexity index is 493. The van der Waals surface area contributed by atoms with Gasteiger partial charge in [-0.25, -0.2) is 0 Å². The van der Waals surface area contributed by atoms with Crippen molar-refractivity contribution in [3.8, 4) is 0 Å². The minimum absolute atomic E-state index is 0.107. The molecule has 0 aliphatic carbocycles. The zero-order valence-corrected chi connectivity index (χ0v) is 9.73. The van der Waals surface area contributed by atoms with Crippen LogP contribution in [0.4, 0.5) is 5.69 Å². The predicted molar refractivity (Wildman–Crippen MR) is 68.4 cm³/mol. The molecule has 84 valence electrons. The average Bonchev–Trinajstić information content (AvgIpc) is 2.30. The number of hydrogen-bond donors (Lipinski definition) is 1. The summed E-state index contributed by atoms with van der Waals surface area (Å²) in [7, 11) is 0. The first-order valence-corrected chi connectivity index (χ1v) is 5.62. The molecule has 1 unspecified atom stereocenters. The van der Waals surface area contributed by atoms with Gasteiger partial charge in [-0.1, -0.05) is 30.3 Å². The third kappa shape index (κ3) is 1.89. The van der Waals surface area contributed by atoms with Crippen LogP contribution in [0.1, 0.15) is 25.5 Å². The summed E-state index contributed by atoms with van der Waals surface area (Å²) < 4.78 is 5.64. The van der Waals surface area contributed by atoms with E-state index in [4.69, 9.17) is 10.5 Å². The molecule has 2 rings (SSSR count). The topological polar surface area (TPSA) is 35.2 Å². The molecule has 0 radical (unpaired) electrons. The van der Waals surface area contributed by atoms with Crippen LogP contribution >= 0.6 is 0 Å². The summed E-state index contributed by atoms with van der Waals surface area (Å²) in [6.45, 7) is 4.80. The van der Waals surface area contributed by atoms with E-state index < -0.39 is 0 Å². The van der Waals surface area contributed by atoms with Gasteiger partial charge in [0.2, 0.25) is 0 Å². The SMILES string of the molecule is CCOC(C)c1ccc(N)c2ccccc12. The van der Waals surface area contributed by atoms with Crippen molar-refractivity contribution in [3.63, 3.8) is 0 Å². The maximum Gasteiger partial charge on any atom is 0.0802 e. The van der Waals surface area contributed by atoms with Crippen LogP contribution in [0.2, 0.25) is 0 Å². The first kappa shape index (κ1) is 11.0. The third-order valence-electron chi connectivity index (χ3n) is 2.85. The average molecular weight is 215 g/mol. The molecule has 0 spiro atoms. The van der Waals surface area contributed by atoms with Crippen LogP contribution in [0.25, 0.3) is 10.8 Å². The van der Waals surface area contributed by atoms with Gasteiger partial charge in [0.05, 0.1) is 6.10 Å². The highest BCUT2D eigenvalue weighted by Crippen LogP contribution is 2.29. The van der Waals surface area contributed by atoms with Crippen molar-refractivity contribution in [1.82, 2.24) is 0 Å². The molecule has 2 heteroatoms. The Hall–Kier alpha value is -1.54.